The van der Waals surface area contributed by atoms with E-state index in [9.17, 15) is 13.6 Å². The molecule has 4 rings (SSSR count). The summed E-state index contributed by atoms with van der Waals surface area (Å²) in [7, 11) is 0. The third-order valence-electron chi connectivity index (χ3n) is 5.97. The van der Waals surface area contributed by atoms with E-state index in [2.05, 4.69) is 5.32 Å². The third kappa shape index (κ3) is 4.35. The van der Waals surface area contributed by atoms with Gasteiger partial charge in [-0.05, 0) is 48.4 Å². The molecule has 2 heterocycles. The van der Waals surface area contributed by atoms with Gasteiger partial charge >= 0.3 is 0 Å². The molecule has 1 atom stereocenters. The summed E-state index contributed by atoms with van der Waals surface area (Å²) in [6.07, 6.45) is 0. The highest BCUT2D eigenvalue weighted by Crippen LogP contribution is 2.34. The van der Waals surface area contributed by atoms with Gasteiger partial charge < -0.3 is 14.8 Å². The molecule has 0 saturated carbocycles. The molecule has 0 bridgehead atoms. The number of nitrogens with zero attached hydrogens (tertiary/aromatic N) is 3. The van der Waals surface area contributed by atoms with Gasteiger partial charge in [-0.1, -0.05) is 32.4 Å². The molecule has 0 spiro atoms. The van der Waals surface area contributed by atoms with E-state index in [1.165, 1.54) is 24.3 Å². The maximum absolute atomic E-state index is 14.0. The van der Waals surface area contributed by atoms with Crippen LogP contribution >= 0.6 is 11.6 Å². The number of nitrogens with one attached hydrogen (secondary N) is 1. The number of hydrogen-bond donors (Lipinski definition) is 1. The van der Waals surface area contributed by atoms with Gasteiger partial charge in [-0.15, -0.1) is 0 Å². The maximum Gasteiger partial charge on any atom is 0.226 e. The van der Waals surface area contributed by atoms with Crippen LogP contribution in [0.3, 0.4) is 0 Å². The molecule has 0 aliphatic carbocycles. The number of anilines is 2. The maximum atomic E-state index is 14.0. The number of aromatic nitrogens is 2. The van der Waals surface area contributed by atoms with Crippen LogP contribution in [-0.2, 0) is 17.9 Å². The summed E-state index contributed by atoms with van der Waals surface area (Å²) >= 11 is 5.82. The van der Waals surface area contributed by atoms with Crippen LogP contribution < -0.4 is 5.32 Å². The monoisotopic (exact) mass is 458 g/mol. The molecule has 1 N–H and O–H groups in total. The number of carbonyl (C=O) groups excluding carboxylic acids is 1. The average molecular weight is 459 g/mol. The van der Waals surface area contributed by atoms with Crippen molar-refractivity contribution in [1.29, 1.82) is 0 Å². The summed E-state index contributed by atoms with van der Waals surface area (Å²) < 4.78 is 29.5. The minimum atomic E-state index is -0.530. The van der Waals surface area contributed by atoms with Gasteiger partial charge in [0.1, 0.15) is 29.0 Å². The Morgan fingerprint density at radius 3 is 2.47 bits per heavy atom. The number of halogens is 3. The molecule has 0 radical (unpaired) electrons. The van der Waals surface area contributed by atoms with E-state index in [-0.39, 0.29) is 28.6 Å². The van der Waals surface area contributed by atoms with Crippen LogP contribution in [0.1, 0.15) is 26.6 Å². The van der Waals surface area contributed by atoms with Crippen molar-refractivity contribution in [3.05, 3.63) is 64.9 Å². The first-order chi connectivity index (χ1) is 15.2. The molecule has 32 heavy (non-hydrogen) atoms. The van der Waals surface area contributed by atoms with Gasteiger partial charge in [-0.3, -0.25) is 4.79 Å². The molecule has 8 heteroatoms. The Kier molecular flexibility index (Phi) is 6.20. The van der Waals surface area contributed by atoms with Gasteiger partial charge in [0.2, 0.25) is 5.91 Å². The van der Waals surface area contributed by atoms with Crippen LogP contribution in [-0.4, -0.2) is 26.9 Å². The number of amides is 1. The molecule has 5 nitrogen and oxygen atoms in total. The Morgan fingerprint density at radius 2 is 1.81 bits per heavy atom. The van der Waals surface area contributed by atoms with Gasteiger partial charge in [0.05, 0.1) is 11.6 Å². The normalized spacial score (nSPS) is 14.4. The standard InChI is InChI=1S/C24H25ClF2N4O/c1-14(2)15(3)24(32)30-10-11-31-21(13-30)29-22(16-4-6-17(26)7-5-16)23(31)28-18-8-9-19(25)20(27)12-18/h4-9,12,14-15,28H,10-11,13H2,1-3H3. The smallest absolute Gasteiger partial charge is 0.226 e. The Labute approximate surface area is 191 Å². The molecule has 168 valence electrons. The van der Waals surface area contributed by atoms with E-state index in [0.717, 1.165) is 11.4 Å². The molecule has 0 saturated heterocycles. The van der Waals surface area contributed by atoms with E-state index in [1.54, 1.807) is 18.2 Å². The zero-order valence-electron chi connectivity index (χ0n) is 18.2. The first-order valence-corrected chi connectivity index (χ1v) is 11.0. The third-order valence-corrected chi connectivity index (χ3v) is 6.28. The lowest BCUT2D eigenvalue weighted by atomic mass is 9.96. The fourth-order valence-electron chi connectivity index (χ4n) is 3.74. The molecule has 3 aromatic rings. The second-order valence-corrected chi connectivity index (χ2v) is 8.84. The fraction of sp³-hybridized carbons (Fsp3) is 0.333. The second-order valence-electron chi connectivity index (χ2n) is 8.43. The molecule has 0 fully saturated rings. The van der Waals surface area contributed by atoms with Gasteiger partial charge in [0.15, 0.2) is 0 Å². The molecule has 1 aromatic heterocycles. The van der Waals surface area contributed by atoms with E-state index >= 15 is 0 Å². The fourth-order valence-corrected chi connectivity index (χ4v) is 3.86. The summed E-state index contributed by atoms with van der Waals surface area (Å²) in [4.78, 5) is 19.5. The Morgan fingerprint density at radius 1 is 1.09 bits per heavy atom. The molecular weight excluding hydrogens is 434 g/mol. The first kappa shape index (κ1) is 22.3. The van der Waals surface area contributed by atoms with Crippen molar-refractivity contribution in [2.24, 2.45) is 11.8 Å². The molecule has 1 unspecified atom stereocenters. The molecule has 1 aliphatic rings. The van der Waals surface area contributed by atoms with Crippen LogP contribution in [0, 0.1) is 23.5 Å². The summed E-state index contributed by atoms with van der Waals surface area (Å²) in [5.41, 5.74) is 1.85. The zero-order valence-corrected chi connectivity index (χ0v) is 19.0. The van der Waals surface area contributed by atoms with Gasteiger partial charge in [-0.2, -0.15) is 0 Å². The van der Waals surface area contributed by atoms with E-state index in [1.807, 2.05) is 30.2 Å². The van der Waals surface area contributed by atoms with E-state index in [4.69, 9.17) is 16.6 Å². The van der Waals surface area contributed by atoms with Crippen LogP contribution in [0.4, 0.5) is 20.3 Å². The molecule has 1 amide bonds. The second kappa shape index (κ2) is 8.90. The molecule has 2 aromatic carbocycles. The number of hydrogen-bond acceptors (Lipinski definition) is 3. The van der Waals surface area contributed by atoms with E-state index < -0.39 is 5.82 Å². The number of fused-ring (bicyclic) bond motifs is 1. The minimum Gasteiger partial charge on any atom is -0.340 e. The van der Waals surface area contributed by atoms with Crippen molar-refractivity contribution in [2.75, 3.05) is 11.9 Å². The molecule has 1 aliphatic heterocycles. The number of carbonyl (C=O) groups is 1. The van der Waals surface area contributed by atoms with Crippen molar-refractivity contribution >= 4 is 29.0 Å². The number of benzene rings is 2. The topological polar surface area (TPSA) is 50.2 Å². The van der Waals surface area contributed by atoms with E-state index in [0.29, 0.717) is 36.8 Å². The lowest BCUT2D eigenvalue weighted by molar-refractivity contribution is -0.137. The largest absolute Gasteiger partial charge is 0.340 e. The summed E-state index contributed by atoms with van der Waals surface area (Å²) in [5.74, 6) is 0.781. The molecular formula is C24H25ClF2N4O. The van der Waals surface area contributed by atoms with Crippen molar-refractivity contribution in [3.63, 3.8) is 0 Å². The highest BCUT2D eigenvalue weighted by molar-refractivity contribution is 6.30. The van der Waals surface area contributed by atoms with Crippen molar-refractivity contribution in [2.45, 2.75) is 33.9 Å². The quantitative estimate of drug-likeness (QED) is 0.521. The minimum absolute atomic E-state index is 0.0399. The number of rotatable bonds is 5. The van der Waals surface area contributed by atoms with Gasteiger partial charge in [0, 0.05) is 30.3 Å². The Hall–Kier alpha value is -2.93. The van der Waals surface area contributed by atoms with Crippen LogP contribution in [0.25, 0.3) is 11.3 Å². The first-order valence-electron chi connectivity index (χ1n) is 10.6. The summed E-state index contributed by atoms with van der Waals surface area (Å²) in [6, 6.07) is 10.5. The zero-order chi connectivity index (χ0) is 23.0. The SMILES string of the molecule is CC(C)C(C)C(=O)N1CCn2c(nc(-c3ccc(F)cc3)c2Nc2ccc(Cl)c(F)c2)C1. The predicted octanol–water partition coefficient (Wildman–Crippen LogP) is 5.86. The Balaban J connectivity index is 1.72. The Bertz CT molecular complexity index is 1140. The highest BCUT2D eigenvalue weighted by Gasteiger charge is 2.30. The van der Waals surface area contributed by atoms with Crippen LogP contribution in [0.15, 0.2) is 42.5 Å². The predicted molar refractivity (Wildman–Crippen MR) is 122 cm³/mol. The lowest BCUT2D eigenvalue weighted by Gasteiger charge is -2.31. The average Bonchev–Trinajstić information content (AvgIpc) is 3.13. The number of imidazole rings is 1. The lowest BCUT2D eigenvalue weighted by Crippen LogP contribution is -2.42. The van der Waals surface area contributed by atoms with Crippen molar-refractivity contribution in [3.8, 4) is 11.3 Å². The van der Waals surface area contributed by atoms with Crippen LogP contribution in [0.2, 0.25) is 5.02 Å². The highest BCUT2D eigenvalue weighted by atomic mass is 35.5. The summed E-state index contributed by atoms with van der Waals surface area (Å²) in [5, 5.41) is 3.29. The van der Waals surface area contributed by atoms with Gasteiger partial charge in [-0.25, -0.2) is 13.8 Å². The summed E-state index contributed by atoms with van der Waals surface area (Å²) in [6.45, 7) is 7.48. The van der Waals surface area contributed by atoms with Crippen molar-refractivity contribution < 1.29 is 13.6 Å². The van der Waals surface area contributed by atoms with Gasteiger partial charge in [0.25, 0.3) is 0 Å². The van der Waals surface area contributed by atoms with Crippen LogP contribution in [0.5, 0.6) is 0 Å². The van der Waals surface area contributed by atoms with Crippen molar-refractivity contribution in [1.82, 2.24) is 14.5 Å².